The fourth-order valence-electron chi connectivity index (χ4n) is 5.99. The zero-order valence-electron chi connectivity index (χ0n) is 13.0. The quantitative estimate of drug-likeness (QED) is 0.760. The number of aromatic hydroxyl groups is 1. The average Bonchev–Trinajstić information content (AvgIpc) is 2.72. The maximum absolute atomic E-state index is 10.2. The molecule has 1 aromatic carbocycles. The Hall–Kier alpha value is -1.02. The highest BCUT2D eigenvalue weighted by molar-refractivity contribution is 5.40. The minimum Gasteiger partial charge on any atom is -0.508 e. The lowest BCUT2D eigenvalue weighted by Gasteiger charge is -2.51. The predicted octanol–water partition coefficient (Wildman–Crippen LogP) is 3.86. The molecule has 0 radical (unpaired) electrons. The second kappa shape index (κ2) is 4.49. The summed E-state index contributed by atoms with van der Waals surface area (Å²) in [7, 11) is 0. The van der Waals surface area contributed by atoms with E-state index < -0.39 is 0 Å². The molecule has 3 aliphatic carbocycles. The molecule has 2 heteroatoms. The van der Waals surface area contributed by atoms with Gasteiger partial charge in [-0.2, -0.15) is 0 Å². The van der Waals surface area contributed by atoms with E-state index >= 15 is 0 Å². The Bertz CT molecular complexity index is 567. The number of phenolic OH excluding ortho intramolecular Hbond substituents is 1. The van der Waals surface area contributed by atoms with Crippen LogP contribution in [0.2, 0.25) is 0 Å². The maximum Gasteiger partial charge on any atom is 0.115 e. The Balaban J connectivity index is 1.75. The van der Waals surface area contributed by atoms with Crippen LogP contribution < -0.4 is 0 Å². The summed E-state index contributed by atoms with van der Waals surface area (Å²) in [5, 5.41) is 20.0. The molecule has 21 heavy (non-hydrogen) atoms. The van der Waals surface area contributed by atoms with Crippen molar-refractivity contribution in [1.29, 1.82) is 0 Å². The van der Waals surface area contributed by atoms with E-state index in [0.29, 0.717) is 34.8 Å². The number of hydrogen-bond donors (Lipinski definition) is 2. The van der Waals surface area contributed by atoms with Crippen molar-refractivity contribution in [2.24, 2.45) is 23.2 Å². The average molecular weight is 286 g/mol. The number of phenols is 1. The lowest BCUT2D eigenvalue weighted by molar-refractivity contribution is 0.0313. The molecule has 1 aromatic rings. The first-order chi connectivity index (χ1) is 9.98. The van der Waals surface area contributed by atoms with E-state index in [0.717, 1.165) is 19.3 Å². The number of hydrogen-bond acceptors (Lipinski definition) is 2. The first-order valence-electron chi connectivity index (χ1n) is 8.48. The molecule has 2 N–H and O–H groups in total. The number of aliphatic hydroxyl groups is 1. The van der Waals surface area contributed by atoms with Gasteiger partial charge in [-0.3, -0.25) is 0 Å². The van der Waals surface area contributed by atoms with E-state index in [9.17, 15) is 10.2 Å². The first kappa shape index (κ1) is 13.6. The fraction of sp³-hybridized carbons (Fsp3) is 0.684. The van der Waals surface area contributed by atoms with E-state index in [4.69, 9.17) is 0 Å². The topological polar surface area (TPSA) is 40.5 Å². The molecule has 6 atom stereocenters. The van der Waals surface area contributed by atoms with Crippen LogP contribution in [0.1, 0.15) is 56.6 Å². The second-order valence-corrected chi connectivity index (χ2v) is 8.14. The molecule has 3 aliphatic rings. The molecule has 4 unspecified atom stereocenters. The Morgan fingerprint density at radius 2 is 2.10 bits per heavy atom. The van der Waals surface area contributed by atoms with Crippen LogP contribution in [0.15, 0.2) is 18.2 Å². The molecule has 2 fully saturated rings. The minimum atomic E-state index is -0.0906. The molecule has 114 valence electrons. The summed E-state index contributed by atoms with van der Waals surface area (Å²) in [5.41, 5.74) is 3.17. The summed E-state index contributed by atoms with van der Waals surface area (Å²) in [6, 6.07) is 5.98. The largest absolute Gasteiger partial charge is 0.508 e. The van der Waals surface area contributed by atoms with Crippen molar-refractivity contribution in [3.63, 3.8) is 0 Å². The summed E-state index contributed by atoms with van der Waals surface area (Å²) in [4.78, 5) is 0. The molecule has 0 saturated heterocycles. The van der Waals surface area contributed by atoms with Gasteiger partial charge in [0.25, 0.3) is 0 Å². The Morgan fingerprint density at radius 3 is 2.90 bits per heavy atom. The van der Waals surface area contributed by atoms with E-state index in [-0.39, 0.29) is 6.10 Å². The molecule has 0 aromatic heterocycles. The third kappa shape index (κ3) is 1.95. The molecule has 0 spiro atoms. The normalized spacial score (nSPS) is 44.8. The van der Waals surface area contributed by atoms with Crippen LogP contribution in [0.5, 0.6) is 5.75 Å². The van der Waals surface area contributed by atoms with E-state index in [1.807, 2.05) is 12.1 Å². The lowest BCUT2D eigenvalue weighted by Crippen LogP contribution is -2.43. The van der Waals surface area contributed by atoms with Crippen molar-refractivity contribution in [2.75, 3.05) is 0 Å². The molecule has 0 heterocycles. The van der Waals surface area contributed by atoms with Gasteiger partial charge in [0.2, 0.25) is 0 Å². The third-order valence-corrected chi connectivity index (χ3v) is 6.80. The van der Waals surface area contributed by atoms with Gasteiger partial charge in [-0.25, -0.2) is 0 Å². The lowest BCUT2D eigenvalue weighted by atomic mass is 9.53. The van der Waals surface area contributed by atoms with Crippen LogP contribution in [0.25, 0.3) is 0 Å². The molecule has 4 rings (SSSR count). The zero-order valence-corrected chi connectivity index (χ0v) is 13.0. The number of benzene rings is 1. The molecular weight excluding hydrogens is 260 g/mol. The van der Waals surface area contributed by atoms with Gasteiger partial charge in [-0.1, -0.05) is 19.9 Å². The second-order valence-electron chi connectivity index (χ2n) is 8.14. The number of aliphatic hydroxyl groups excluding tert-OH is 1. The number of rotatable bonds is 0. The molecular formula is C19H26O2. The van der Waals surface area contributed by atoms with Crippen LogP contribution in [0.4, 0.5) is 0 Å². The van der Waals surface area contributed by atoms with Crippen LogP contribution in [-0.4, -0.2) is 16.3 Å². The van der Waals surface area contributed by atoms with Gasteiger partial charge >= 0.3 is 0 Å². The van der Waals surface area contributed by atoms with Gasteiger partial charge in [-0.05, 0) is 84.5 Å². The Morgan fingerprint density at radius 1 is 1.29 bits per heavy atom. The maximum atomic E-state index is 10.2. The molecule has 2 saturated carbocycles. The van der Waals surface area contributed by atoms with Gasteiger partial charge in [0.15, 0.2) is 0 Å². The van der Waals surface area contributed by atoms with Gasteiger partial charge in [0.05, 0.1) is 6.10 Å². The standard InChI is InChI=1S/C19H26O2/c1-11-7-12-8-13(20)3-4-15(12)16-5-6-19(2)10-14(21)9-17(19)18(11)16/h3-4,8,11,14,16-18,20-21H,5-7,9-10H2,1-2H3/t11?,14-,16?,17?,18?,19+/m0/s1. The van der Waals surface area contributed by atoms with Crippen molar-refractivity contribution in [3.05, 3.63) is 29.3 Å². The molecule has 2 nitrogen and oxygen atoms in total. The summed E-state index contributed by atoms with van der Waals surface area (Å²) in [6.07, 6.45) is 5.46. The van der Waals surface area contributed by atoms with Gasteiger partial charge in [0.1, 0.15) is 5.75 Å². The van der Waals surface area contributed by atoms with Crippen molar-refractivity contribution in [3.8, 4) is 5.75 Å². The van der Waals surface area contributed by atoms with E-state index in [1.165, 1.54) is 24.0 Å². The van der Waals surface area contributed by atoms with Crippen LogP contribution >= 0.6 is 0 Å². The number of fused-ring (bicyclic) bond motifs is 5. The van der Waals surface area contributed by atoms with E-state index in [1.54, 1.807) is 0 Å². The summed E-state index contributed by atoms with van der Waals surface area (Å²) in [6.45, 7) is 4.78. The zero-order chi connectivity index (χ0) is 14.8. The van der Waals surface area contributed by atoms with Crippen molar-refractivity contribution >= 4 is 0 Å². The molecule has 0 amide bonds. The monoisotopic (exact) mass is 286 g/mol. The van der Waals surface area contributed by atoms with Gasteiger partial charge in [0, 0.05) is 0 Å². The minimum absolute atomic E-state index is 0.0906. The third-order valence-electron chi connectivity index (χ3n) is 6.80. The first-order valence-corrected chi connectivity index (χ1v) is 8.48. The van der Waals surface area contributed by atoms with Crippen LogP contribution in [-0.2, 0) is 6.42 Å². The van der Waals surface area contributed by atoms with Gasteiger partial charge < -0.3 is 10.2 Å². The Labute approximate surface area is 127 Å². The highest BCUT2D eigenvalue weighted by Gasteiger charge is 2.54. The predicted molar refractivity (Wildman–Crippen MR) is 83.3 cm³/mol. The Kier molecular flexibility index (Phi) is 2.91. The summed E-state index contributed by atoms with van der Waals surface area (Å²) in [5.74, 6) is 3.06. The van der Waals surface area contributed by atoms with Crippen LogP contribution in [0, 0.1) is 23.2 Å². The van der Waals surface area contributed by atoms with Crippen molar-refractivity contribution < 1.29 is 10.2 Å². The van der Waals surface area contributed by atoms with Crippen molar-refractivity contribution in [1.82, 2.24) is 0 Å². The van der Waals surface area contributed by atoms with E-state index in [2.05, 4.69) is 19.9 Å². The molecule has 0 bridgehead atoms. The van der Waals surface area contributed by atoms with Crippen molar-refractivity contribution in [2.45, 2.75) is 58.0 Å². The van der Waals surface area contributed by atoms with Crippen LogP contribution in [0.3, 0.4) is 0 Å². The fourth-order valence-corrected chi connectivity index (χ4v) is 5.99. The van der Waals surface area contributed by atoms with Gasteiger partial charge in [-0.15, -0.1) is 0 Å². The molecule has 0 aliphatic heterocycles. The smallest absolute Gasteiger partial charge is 0.115 e. The summed E-state index contributed by atoms with van der Waals surface area (Å²) < 4.78 is 0. The summed E-state index contributed by atoms with van der Waals surface area (Å²) >= 11 is 0. The highest BCUT2D eigenvalue weighted by atomic mass is 16.3. The highest BCUT2D eigenvalue weighted by Crippen LogP contribution is 2.62. The SMILES string of the molecule is CC1Cc2cc(O)ccc2C2CC[C@]3(C)C[C@@H](O)CC3C12.